The van der Waals surface area contributed by atoms with Crippen molar-refractivity contribution in [1.82, 2.24) is 9.97 Å². The lowest BCUT2D eigenvalue weighted by Gasteiger charge is -2.07. The first-order valence-electron chi connectivity index (χ1n) is 4.74. The first-order valence-corrected chi connectivity index (χ1v) is 6.60. The molecule has 0 radical (unpaired) electrons. The molecule has 0 aromatic carbocycles. The van der Waals surface area contributed by atoms with Crippen LogP contribution in [-0.4, -0.2) is 18.4 Å². The summed E-state index contributed by atoms with van der Waals surface area (Å²) in [5, 5.41) is -0.593. The molecule has 8 heteroatoms. The zero-order valence-corrected chi connectivity index (χ0v) is 10.4. The Bertz CT molecular complexity index is 678. The lowest BCUT2D eigenvalue weighted by Crippen LogP contribution is -2.17. The van der Waals surface area contributed by atoms with Crippen molar-refractivity contribution in [2.24, 2.45) is 0 Å². The van der Waals surface area contributed by atoms with Gasteiger partial charge >= 0.3 is 0 Å². The number of rotatable bonds is 3. The summed E-state index contributed by atoms with van der Waals surface area (Å²) >= 11 is 5.75. The van der Waals surface area contributed by atoms with Crippen LogP contribution in [0.5, 0.6) is 0 Å². The lowest BCUT2D eigenvalue weighted by atomic mass is 10.5. The van der Waals surface area contributed by atoms with E-state index in [0.717, 1.165) is 6.07 Å². The molecule has 1 N–H and O–H groups in total. The molecule has 0 aliphatic carbocycles. The van der Waals surface area contributed by atoms with Crippen LogP contribution in [0.15, 0.2) is 41.7 Å². The SMILES string of the molecule is O=S(=O)(Nc1ncccc1Cl)c1ncccc1F. The van der Waals surface area contributed by atoms with E-state index in [1.54, 1.807) is 6.07 Å². The number of hydrogen-bond donors (Lipinski definition) is 1. The largest absolute Gasteiger partial charge is 0.283 e. The Morgan fingerprint density at radius 3 is 2.50 bits per heavy atom. The molecule has 2 aromatic heterocycles. The minimum atomic E-state index is -4.15. The maximum Gasteiger partial charge on any atom is 0.283 e. The van der Waals surface area contributed by atoms with Gasteiger partial charge in [-0.3, -0.25) is 4.72 Å². The molecule has 0 spiro atoms. The molecule has 5 nitrogen and oxygen atoms in total. The average molecular weight is 288 g/mol. The van der Waals surface area contributed by atoms with Crippen LogP contribution >= 0.6 is 11.6 Å². The predicted molar refractivity (Wildman–Crippen MR) is 64.3 cm³/mol. The van der Waals surface area contributed by atoms with E-state index in [9.17, 15) is 12.8 Å². The number of nitrogens with zero attached hydrogens (tertiary/aromatic N) is 2. The molecule has 94 valence electrons. The van der Waals surface area contributed by atoms with E-state index >= 15 is 0 Å². The lowest BCUT2D eigenvalue weighted by molar-refractivity contribution is 0.556. The van der Waals surface area contributed by atoms with Crippen LogP contribution in [0.3, 0.4) is 0 Å². The average Bonchev–Trinajstić information content (AvgIpc) is 2.32. The highest BCUT2D eigenvalue weighted by atomic mass is 35.5. The van der Waals surface area contributed by atoms with Crippen LogP contribution in [0, 0.1) is 5.82 Å². The Morgan fingerprint density at radius 1 is 1.17 bits per heavy atom. The molecule has 0 fully saturated rings. The summed E-state index contributed by atoms with van der Waals surface area (Å²) in [7, 11) is -4.15. The van der Waals surface area contributed by atoms with Crippen molar-refractivity contribution in [3.63, 3.8) is 0 Å². The summed E-state index contributed by atoms with van der Waals surface area (Å²) in [6.07, 6.45) is 2.54. The van der Waals surface area contributed by atoms with Crippen molar-refractivity contribution in [1.29, 1.82) is 0 Å². The maximum atomic E-state index is 13.4. The predicted octanol–water partition coefficient (Wildman–Crippen LogP) is 2.07. The van der Waals surface area contributed by atoms with Gasteiger partial charge in [-0.2, -0.15) is 8.42 Å². The summed E-state index contributed by atoms with van der Waals surface area (Å²) in [5.74, 6) is -1.03. The Hall–Kier alpha value is -1.73. The van der Waals surface area contributed by atoms with Gasteiger partial charge in [0.25, 0.3) is 10.0 Å². The number of aromatic nitrogens is 2. The molecule has 2 aromatic rings. The van der Waals surface area contributed by atoms with Crippen molar-refractivity contribution >= 4 is 27.4 Å². The molecule has 0 saturated carbocycles. The molecule has 2 rings (SSSR count). The van der Waals surface area contributed by atoms with E-state index in [4.69, 9.17) is 11.6 Å². The molecular weight excluding hydrogens is 281 g/mol. The number of hydrogen-bond acceptors (Lipinski definition) is 4. The second-order valence-corrected chi connectivity index (χ2v) is 5.23. The molecule has 0 aliphatic heterocycles. The first kappa shape index (κ1) is 12.7. The Kier molecular flexibility index (Phi) is 3.44. The van der Waals surface area contributed by atoms with E-state index in [-0.39, 0.29) is 10.8 Å². The standard InChI is InChI=1S/C10H7ClFN3O2S/c11-7-3-1-5-13-9(7)15-18(16,17)10-8(12)4-2-6-14-10/h1-6H,(H,13,15). The van der Waals surface area contributed by atoms with Crippen LogP contribution < -0.4 is 4.72 Å². The summed E-state index contributed by atoms with van der Waals surface area (Å²) in [4.78, 5) is 7.23. The summed E-state index contributed by atoms with van der Waals surface area (Å²) < 4.78 is 39.1. The molecule has 0 amide bonds. The van der Waals surface area contributed by atoms with Crippen LogP contribution in [0.4, 0.5) is 10.2 Å². The van der Waals surface area contributed by atoms with E-state index in [1.165, 1.54) is 24.5 Å². The highest BCUT2D eigenvalue weighted by Gasteiger charge is 2.21. The summed E-state index contributed by atoms with van der Waals surface area (Å²) in [6.45, 7) is 0. The van der Waals surface area contributed by atoms with Crippen molar-refractivity contribution in [3.05, 3.63) is 47.5 Å². The second-order valence-electron chi connectivity index (χ2n) is 3.23. The maximum absolute atomic E-state index is 13.4. The van der Waals surface area contributed by atoms with Crippen LogP contribution in [0.2, 0.25) is 5.02 Å². The molecule has 18 heavy (non-hydrogen) atoms. The van der Waals surface area contributed by atoms with Gasteiger partial charge in [0.2, 0.25) is 5.03 Å². The fourth-order valence-corrected chi connectivity index (χ4v) is 2.47. The number of sulfonamides is 1. The Balaban J connectivity index is 2.40. The fourth-order valence-electron chi connectivity index (χ4n) is 1.21. The number of anilines is 1. The van der Waals surface area contributed by atoms with Gasteiger partial charge in [0.05, 0.1) is 5.02 Å². The number of halogens is 2. The van der Waals surface area contributed by atoms with Gasteiger partial charge in [0.1, 0.15) is 0 Å². The van der Waals surface area contributed by atoms with Gasteiger partial charge in [-0.1, -0.05) is 11.6 Å². The molecule has 0 saturated heterocycles. The normalized spacial score (nSPS) is 11.2. The van der Waals surface area contributed by atoms with E-state index in [2.05, 4.69) is 14.7 Å². The molecule has 0 unspecified atom stereocenters. The van der Waals surface area contributed by atoms with Crippen molar-refractivity contribution < 1.29 is 12.8 Å². The molecular formula is C10H7ClFN3O2S. The molecule has 2 heterocycles. The second kappa shape index (κ2) is 4.87. The monoisotopic (exact) mass is 287 g/mol. The zero-order chi connectivity index (χ0) is 13.2. The third-order valence-corrected chi connectivity index (χ3v) is 3.55. The van der Waals surface area contributed by atoms with Crippen LogP contribution in [0.1, 0.15) is 0 Å². The van der Waals surface area contributed by atoms with E-state index in [1.807, 2.05) is 0 Å². The van der Waals surface area contributed by atoms with Gasteiger partial charge in [-0.15, -0.1) is 0 Å². The van der Waals surface area contributed by atoms with E-state index < -0.39 is 20.9 Å². The van der Waals surface area contributed by atoms with Gasteiger partial charge in [0, 0.05) is 12.4 Å². The smallest absolute Gasteiger partial charge is 0.261 e. The minimum absolute atomic E-state index is 0.0794. The highest BCUT2D eigenvalue weighted by Crippen LogP contribution is 2.21. The van der Waals surface area contributed by atoms with Crippen molar-refractivity contribution in [3.8, 4) is 0 Å². The third kappa shape index (κ3) is 2.57. The molecule has 0 bridgehead atoms. The van der Waals surface area contributed by atoms with Crippen molar-refractivity contribution in [2.75, 3.05) is 4.72 Å². The zero-order valence-electron chi connectivity index (χ0n) is 8.84. The van der Waals surface area contributed by atoms with Gasteiger partial charge in [-0.25, -0.2) is 14.4 Å². The Labute approximate surface area is 108 Å². The van der Waals surface area contributed by atoms with Gasteiger partial charge in [0.15, 0.2) is 11.6 Å². The number of nitrogens with one attached hydrogen (secondary N) is 1. The van der Waals surface area contributed by atoms with Gasteiger partial charge < -0.3 is 0 Å². The molecule has 0 aliphatic rings. The highest BCUT2D eigenvalue weighted by molar-refractivity contribution is 7.92. The van der Waals surface area contributed by atoms with Gasteiger partial charge in [-0.05, 0) is 24.3 Å². The summed E-state index contributed by atoms with van der Waals surface area (Å²) in [6, 6.07) is 5.30. The minimum Gasteiger partial charge on any atom is -0.261 e. The van der Waals surface area contributed by atoms with Crippen molar-refractivity contribution in [2.45, 2.75) is 5.03 Å². The topological polar surface area (TPSA) is 72.0 Å². The first-order chi connectivity index (χ1) is 8.50. The number of pyridine rings is 2. The van der Waals surface area contributed by atoms with Crippen LogP contribution in [0.25, 0.3) is 0 Å². The third-order valence-electron chi connectivity index (χ3n) is 1.97. The quantitative estimate of drug-likeness (QED) is 0.938. The fraction of sp³-hybridized carbons (Fsp3) is 0. The Morgan fingerprint density at radius 2 is 1.83 bits per heavy atom. The van der Waals surface area contributed by atoms with Crippen LogP contribution in [-0.2, 0) is 10.0 Å². The van der Waals surface area contributed by atoms with E-state index in [0.29, 0.717) is 0 Å². The summed E-state index contributed by atoms with van der Waals surface area (Å²) in [5.41, 5.74) is 0. The molecule has 0 atom stereocenters.